The fraction of sp³-hybridized carbons (Fsp3) is 0.350. The number of rotatable bonds is 6. The van der Waals surface area contributed by atoms with E-state index in [0.717, 1.165) is 17.7 Å². The summed E-state index contributed by atoms with van der Waals surface area (Å²) in [5.41, 5.74) is 1.67. The zero-order chi connectivity index (χ0) is 20.1. The number of hydrogen-bond acceptors (Lipinski definition) is 4. The summed E-state index contributed by atoms with van der Waals surface area (Å²) in [5, 5.41) is 2.90. The fourth-order valence-corrected chi connectivity index (χ4v) is 4.59. The number of nitrogens with one attached hydrogen (secondary N) is 1. The van der Waals surface area contributed by atoms with E-state index in [1.807, 2.05) is 25.1 Å². The molecule has 0 aliphatic carbocycles. The lowest BCUT2D eigenvalue weighted by Gasteiger charge is -2.33. The van der Waals surface area contributed by atoms with Crippen LogP contribution in [0.15, 0.2) is 53.4 Å². The SMILES string of the molecule is Cc1cccc(C(=O)NCCN2CCN(S(=O)(=O)c3ccc(F)cc3)CC2)c1. The van der Waals surface area contributed by atoms with E-state index in [1.54, 1.807) is 6.07 Å². The van der Waals surface area contributed by atoms with Gasteiger partial charge in [-0.2, -0.15) is 4.31 Å². The summed E-state index contributed by atoms with van der Waals surface area (Å²) in [6.45, 7) is 4.99. The molecule has 28 heavy (non-hydrogen) atoms. The Labute approximate surface area is 165 Å². The summed E-state index contributed by atoms with van der Waals surface area (Å²) in [4.78, 5) is 14.4. The molecule has 0 atom stereocenters. The Bertz CT molecular complexity index is 924. The molecular formula is C20H24FN3O3S. The van der Waals surface area contributed by atoms with Crippen LogP contribution < -0.4 is 5.32 Å². The minimum Gasteiger partial charge on any atom is -0.351 e. The van der Waals surface area contributed by atoms with Gasteiger partial charge in [0.15, 0.2) is 0 Å². The second kappa shape index (κ2) is 8.81. The lowest BCUT2D eigenvalue weighted by molar-refractivity contribution is 0.0945. The predicted octanol–water partition coefficient (Wildman–Crippen LogP) is 1.87. The van der Waals surface area contributed by atoms with Gasteiger partial charge < -0.3 is 5.32 Å². The molecule has 2 aromatic rings. The molecule has 0 spiro atoms. The Kier molecular flexibility index (Phi) is 6.43. The van der Waals surface area contributed by atoms with E-state index in [1.165, 1.54) is 16.4 Å². The Morgan fingerprint density at radius 1 is 1.07 bits per heavy atom. The maximum absolute atomic E-state index is 13.0. The molecule has 1 amide bonds. The molecule has 6 nitrogen and oxygen atoms in total. The van der Waals surface area contributed by atoms with Crippen LogP contribution in [0.1, 0.15) is 15.9 Å². The highest BCUT2D eigenvalue weighted by atomic mass is 32.2. The largest absolute Gasteiger partial charge is 0.351 e. The molecule has 3 rings (SSSR count). The van der Waals surface area contributed by atoms with Crippen molar-refractivity contribution in [2.75, 3.05) is 39.3 Å². The van der Waals surface area contributed by atoms with Crippen molar-refractivity contribution < 1.29 is 17.6 Å². The van der Waals surface area contributed by atoms with Gasteiger partial charge in [0.05, 0.1) is 4.90 Å². The first-order valence-corrected chi connectivity index (χ1v) is 10.6. The van der Waals surface area contributed by atoms with E-state index in [0.29, 0.717) is 44.8 Å². The number of nitrogens with zero attached hydrogens (tertiary/aromatic N) is 2. The van der Waals surface area contributed by atoms with Gasteiger partial charge in [-0.15, -0.1) is 0 Å². The molecule has 0 radical (unpaired) electrons. The molecule has 0 unspecified atom stereocenters. The zero-order valence-electron chi connectivity index (χ0n) is 15.8. The Morgan fingerprint density at radius 2 is 1.75 bits per heavy atom. The highest BCUT2D eigenvalue weighted by Crippen LogP contribution is 2.18. The van der Waals surface area contributed by atoms with Crippen molar-refractivity contribution in [1.29, 1.82) is 0 Å². The van der Waals surface area contributed by atoms with Crippen molar-refractivity contribution in [3.05, 3.63) is 65.5 Å². The lowest BCUT2D eigenvalue weighted by atomic mass is 10.1. The number of carbonyl (C=O) groups is 1. The van der Waals surface area contributed by atoms with Gasteiger partial charge in [0.25, 0.3) is 5.91 Å². The van der Waals surface area contributed by atoms with Gasteiger partial charge in [-0.3, -0.25) is 9.69 Å². The second-order valence-electron chi connectivity index (χ2n) is 6.83. The standard InChI is InChI=1S/C20H24FN3O3S/c1-16-3-2-4-17(15-16)20(25)22-9-10-23-11-13-24(14-12-23)28(26,27)19-7-5-18(21)6-8-19/h2-8,15H,9-14H2,1H3,(H,22,25). The number of carbonyl (C=O) groups excluding carboxylic acids is 1. The lowest BCUT2D eigenvalue weighted by Crippen LogP contribution is -2.50. The number of piperazine rings is 1. The maximum Gasteiger partial charge on any atom is 0.251 e. The van der Waals surface area contributed by atoms with Crippen LogP contribution >= 0.6 is 0 Å². The first-order chi connectivity index (χ1) is 13.4. The van der Waals surface area contributed by atoms with Crippen LogP contribution in [0.3, 0.4) is 0 Å². The Balaban J connectivity index is 1.46. The van der Waals surface area contributed by atoms with Crippen LogP contribution in [-0.4, -0.2) is 62.8 Å². The van der Waals surface area contributed by atoms with Crippen molar-refractivity contribution in [3.63, 3.8) is 0 Å². The van der Waals surface area contributed by atoms with Crippen molar-refractivity contribution in [3.8, 4) is 0 Å². The molecular weight excluding hydrogens is 381 g/mol. The number of hydrogen-bond donors (Lipinski definition) is 1. The summed E-state index contributed by atoms with van der Waals surface area (Å²) < 4.78 is 39.7. The normalized spacial score (nSPS) is 16.1. The van der Waals surface area contributed by atoms with E-state index in [9.17, 15) is 17.6 Å². The van der Waals surface area contributed by atoms with Gasteiger partial charge in [0.2, 0.25) is 10.0 Å². The summed E-state index contributed by atoms with van der Waals surface area (Å²) in [7, 11) is -3.61. The quantitative estimate of drug-likeness (QED) is 0.797. The number of benzene rings is 2. The van der Waals surface area contributed by atoms with E-state index < -0.39 is 15.8 Å². The summed E-state index contributed by atoms with van der Waals surface area (Å²) >= 11 is 0. The second-order valence-corrected chi connectivity index (χ2v) is 8.76. The highest BCUT2D eigenvalue weighted by molar-refractivity contribution is 7.89. The maximum atomic E-state index is 13.0. The molecule has 0 saturated carbocycles. The first-order valence-electron chi connectivity index (χ1n) is 9.19. The molecule has 1 N–H and O–H groups in total. The number of amides is 1. The molecule has 8 heteroatoms. The summed E-state index contributed by atoms with van der Waals surface area (Å²) in [5.74, 6) is -0.572. The molecule has 1 aliphatic heterocycles. The molecule has 1 fully saturated rings. The molecule has 2 aromatic carbocycles. The van der Waals surface area contributed by atoms with Gasteiger partial charge in [-0.25, -0.2) is 12.8 Å². The molecule has 1 saturated heterocycles. The third kappa shape index (κ3) is 4.95. The number of halogens is 1. The minimum absolute atomic E-state index is 0.104. The summed E-state index contributed by atoms with van der Waals surface area (Å²) in [6.07, 6.45) is 0. The predicted molar refractivity (Wildman–Crippen MR) is 105 cm³/mol. The molecule has 0 aromatic heterocycles. The van der Waals surface area contributed by atoms with Crippen LogP contribution in [-0.2, 0) is 10.0 Å². The first kappa shape index (κ1) is 20.4. The van der Waals surface area contributed by atoms with Crippen LogP contribution in [0, 0.1) is 12.7 Å². The number of sulfonamides is 1. The van der Waals surface area contributed by atoms with Gasteiger partial charge in [-0.1, -0.05) is 17.7 Å². The average Bonchev–Trinajstić information content (AvgIpc) is 2.68. The molecule has 1 aliphatic rings. The van der Waals surface area contributed by atoms with E-state index in [4.69, 9.17) is 0 Å². The van der Waals surface area contributed by atoms with Crippen molar-refractivity contribution >= 4 is 15.9 Å². The third-order valence-electron chi connectivity index (χ3n) is 4.78. The minimum atomic E-state index is -3.61. The Morgan fingerprint density at radius 3 is 2.39 bits per heavy atom. The van der Waals surface area contributed by atoms with Crippen LogP contribution in [0.4, 0.5) is 4.39 Å². The van der Waals surface area contributed by atoms with Crippen molar-refractivity contribution in [1.82, 2.24) is 14.5 Å². The van der Waals surface area contributed by atoms with Crippen LogP contribution in [0.2, 0.25) is 0 Å². The molecule has 0 bridgehead atoms. The Hall–Kier alpha value is -2.29. The van der Waals surface area contributed by atoms with Gasteiger partial charge in [0.1, 0.15) is 5.82 Å². The van der Waals surface area contributed by atoms with E-state index in [-0.39, 0.29) is 10.8 Å². The van der Waals surface area contributed by atoms with Crippen molar-refractivity contribution in [2.24, 2.45) is 0 Å². The van der Waals surface area contributed by atoms with Gasteiger partial charge in [-0.05, 0) is 43.3 Å². The van der Waals surface area contributed by atoms with Crippen LogP contribution in [0.25, 0.3) is 0 Å². The molecule has 1 heterocycles. The van der Waals surface area contributed by atoms with Crippen molar-refractivity contribution in [2.45, 2.75) is 11.8 Å². The smallest absolute Gasteiger partial charge is 0.251 e. The van der Waals surface area contributed by atoms with Crippen LogP contribution in [0.5, 0.6) is 0 Å². The number of aryl methyl sites for hydroxylation is 1. The summed E-state index contributed by atoms with van der Waals surface area (Å²) in [6, 6.07) is 12.3. The third-order valence-corrected chi connectivity index (χ3v) is 6.69. The monoisotopic (exact) mass is 405 g/mol. The average molecular weight is 405 g/mol. The highest BCUT2D eigenvalue weighted by Gasteiger charge is 2.28. The molecule has 150 valence electrons. The zero-order valence-corrected chi connectivity index (χ0v) is 16.6. The van der Waals surface area contributed by atoms with Gasteiger partial charge >= 0.3 is 0 Å². The topological polar surface area (TPSA) is 69.7 Å². The fourth-order valence-electron chi connectivity index (χ4n) is 3.17. The van der Waals surface area contributed by atoms with Gasteiger partial charge in [0, 0.05) is 44.8 Å². The van der Waals surface area contributed by atoms with E-state index >= 15 is 0 Å². The van der Waals surface area contributed by atoms with E-state index in [2.05, 4.69) is 10.2 Å².